The Bertz CT molecular complexity index is 1020. The molecule has 0 aliphatic heterocycles. The van der Waals surface area contributed by atoms with Crippen LogP contribution in [0.2, 0.25) is 0 Å². The Morgan fingerprint density at radius 3 is 0.758 bits per heavy atom. The third kappa shape index (κ3) is 53.1. The molecule has 0 amide bonds. The maximum atomic E-state index is 12.8. The molecular formula is C60H114O6. The fraction of sp³-hybridized carbons (Fsp3) is 0.917. The molecule has 0 aromatic heterocycles. The molecule has 0 heterocycles. The van der Waals surface area contributed by atoms with E-state index in [0.717, 1.165) is 57.8 Å². The Balaban J connectivity index is 4.22. The van der Waals surface area contributed by atoms with Gasteiger partial charge in [0.2, 0.25) is 0 Å². The number of hydrogen-bond donors (Lipinski definition) is 0. The highest BCUT2D eigenvalue weighted by molar-refractivity contribution is 5.71. The number of esters is 3. The van der Waals surface area contributed by atoms with Gasteiger partial charge in [-0.05, 0) is 44.9 Å². The van der Waals surface area contributed by atoms with E-state index in [1.165, 1.54) is 238 Å². The molecule has 0 rings (SSSR count). The fourth-order valence-corrected chi connectivity index (χ4v) is 9.03. The number of carbonyl (C=O) groups is 3. The summed E-state index contributed by atoms with van der Waals surface area (Å²) in [6.07, 6.45) is 63.6. The van der Waals surface area contributed by atoms with E-state index >= 15 is 0 Å². The number of rotatable bonds is 55. The molecule has 1 atom stereocenters. The largest absolute Gasteiger partial charge is 0.462 e. The first-order chi connectivity index (χ1) is 32.5. The molecule has 390 valence electrons. The lowest BCUT2D eigenvalue weighted by Gasteiger charge is -2.18. The molecular weight excluding hydrogens is 817 g/mol. The predicted octanol–water partition coefficient (Wildman–Crippen LogP) is 19.7. The topological polar surface area (TPSA) is 78.9 Å². The molecule has 0 spiro atoms. The molecule has 0 aromatic rings. The third-order valence-corrected chi connectivity index (χ3v) is 13.5. The zero-order valence-electron chi connectivity index (χ0n) is 44.7. The summed E-state index contributed by atoms with van der Waals surface area (Å²) in [6.45, 7) is 6.68. The van der Waals surface area contributed by atoms with Gasteiger partial charge in [0.1, 0.15) is 13.2 Å². The van der Waals surface area contributed by atoms with Crippen LogP contribution in [0.15, 0.2) is 12.2 Å². The van der Waals surface area contributed by atoms with Crippen LogP contribution in [0.1, 0.15) is 335 Å². The molecule has 0 aliphatic rings. The van der Waals surface area contributed by atoms with Crippen LogP contribution in [0.3, 0.4) is 0 Å². The van der Waals surface area contributed by atoms with Crippen molar-refractivity contribution < 1.29 is 28.6 Å². The Hall–Kier alpha value is -1.85. The minimum Gasteiger partial charge on any atom is -0.462 e. The summed E-state index contributed by atoms with van der Waals surface area (Å²) in [7, 11) is 0. The van der Waals surface area contributed by atoms with E-state index in [4.69, 9.17) is 14.2 Å². The lowest BCUT2D eigenvalue weighted by Crippen LogP contribution is -2.30. The highest BCUT2D eigenvalue weighted by Gasteiger charge is 2.19. The number of ether oxygens (including phenoxy) is 3. The summed E-state index contributed by atoms with van der Waals surface area (Å²) < 4.78 is 16.9. The Morgan fingerprint density at radius 1 is 0.288 bits per heavy atom. The highest BCUT2D eigenvalue weighted by Crippen LogP contribution is 2.17. The fourth-order valence-electron chi connectivity index (χ4n) is 9.03. The van der Waals surface area contributed by atoms with Crippen LogP contribution < -0.4 is 0 Å². The van der Waals surface area contributed by atoms with E-state index in [9.17, 15) is 14.4 Å². The summed E-state index contributed by atoms with van der Waals surface area (Å²) in [5.74, 6) is -0.848. The zero-order valence-corrected chi connectivity index (χ0v) is 44.7. The van der Waals surface area contributed by atoms with Gasteiger partial charge in [-0.2, -0.15) is 0 Å². The van der Waals surface area contributed by atoms with Crippen molar-refractivity contribution in [2.45, 2.75) is 341 Å². The summed E-state index contributed by atoms with van der Waals surface area (Å²) >= 11 is 0. The Kier molecular flexibility index (Phi) is 54.2. The molecule has 0 radical (unpaired) electrons. The first-order valence-electron chi connectivity index (χ1n) is 29.7. The quantitative estimate of drug-likeness (QED) is 0.0262. The summed E-state index contributed by atoms with van der Waals surface area (Å²) in [5, 5.41) is 0. The van der Waals surface area contributed by atoms with Gasteiger partial charge in [0.25, 0.3) is 0 Å². The number of unbranched alkanes of at least 4 members (excludes halogenated alkanes) is 42. The highest BCUT2D eigenvalue weighted by atomic mass is 16.6. The van der Waals surface area contributed by atoms with E-state index in [1.54, 1.807) is 0 Å². The van der Waals surface area contributed by atoms with Crippen molar-refractivity contribution in [3.05, 3.63) is 12.2 Å². The third-order valence-electron chi connectivity index (χ3n) is 13.5. The first kappa shape index (κ1) is 64.2. The monoisotopic (exact) mass is 931 g/mol. The minimum atomic E-state index is -0.766. The van der Waals surface area contributed by atoms with E-state index in [-0.39, 0.29) is 31.1 Å². The maximum absolute atomic E-state index is 12.8. The van der Waals surface area contributed by atoms with E-state index in [2.05, 4.69) is 32.9 Å². The number of allylic oxidation sites excluding steroid dienone is 2. The number of hydrogen-bond acceptors (Lipinski definition) is 6. The molecule has 1 unspecified atom stereocenters. The van der Waals surface area contributed by atoms with Gasteiger partial charge in [0.05, 0.1) is 0 Å². The van der Waals surface area contributed by atoms with Crippen molar-refractivity contribution >= 4 is 17.9 Å². The zero-order chi connectivity index (χ0) is 47.9. The molecule has 0 saturated carbocycles. The van der Waals surface area contributed by atoms with E-state index < -0.39 is 6.10 Å². The second-order valence-electron chi connectivity index (χ2n) is 20.3. The van der Waals surface area contributed by atoms with Crippen molar-refractivity contribution in [3.8, 4) is 0 Å². The van der Waals surface area contributed by atoms with Crippen LogP contribution >= 0.6 is 0 Å². The van der Waals surface area contributed by atoms with Crippen molar-refractivity contribution in [3.63, 3.8) is 0 Å². The molecule has 0 fully saturated rings. The summed E-state index contributed by atoms with van der Waals surface area (Å²) in [5.41, 5.74) is 0. The summed E-state index contributed by atoms with van der Waals surface area (Å²) in [4.78, 5) is 38.1. The molecule has 6 nitrogen and oxygen atoms in total. The molecule has 0 aromatic carbocycles. The van der Waals surface area contributed by atoms with Gasteiger partial charge in [-0.1, -0.05) is 283 Å². The minimum absolute atomic E-state index is 0.0659. The molecule has 0 N–H and O–H groups in total. The number of carbonyl (C=O) groups excluding carboxylic acids is 3. The lowest BCUT2D eigenvalue weighted by molar-refractivity contribution is -0.167. The molecule has 0 bridgehead atoms. The average Bonchev–Trinajstić information content (AvgIpc) is 3.31. The van der Waals surface area contributed by atoms with Crippen LogP contribution in [0.5, 0.6) is 0 Å². The van der Waals surface area contributed by atoms with Crippen molar-refractivity contribution in [1.29, 1.82) is 0 Å². The van der Waals surface area contributed by atoms with E-state index in [1.807, 2.05) is 0 Å². The van der Waals surface area contributed by atoms with Gasteiger partial charge >= 0.3 is 17.9 Å². The van der Waals surface area contributed by atoms with Crippen LogP contribution in [0.25, 0.3) is 0 Å². The van der Waals surface area contributed by atoms with Crippen molar-refractivity contribution in [1.82, 2.24) is 0 Å². The van der Waals surface area contributed by atoms with Gasteiger partial charge < -0.3 is 14.2 Å². The lowest BCUT2D eigenvalue weighted by atomic mass is 10.0. The van der Waals surface area contributed by atoms with Crippen LogP contribution in [-0.2, 0) is 28.6 Å². The van der Waals surface area contributed by atoms with E-state index in [0.29, 0.717) is 19.3 Å². The predicted molar refractivity (Wildman–Crippen MR) is 284 cm³/mol. The van der Waals surface area contributed by atoms with Gasteiger partial charge in [0, 0.05) is 19.3 Å². The summed E-state index contributed by atoms with van der Waals surface area (Å²) in [6, 6.07) is 0. The SMILES string of the molecule is CCCCCCCC/C=C\CCCCCCCCCC(=O)OC(COC(=O)CCCCCCCCCCCC)COC(=O)CCCCCCCCCCCCCCCCCCCCCCC. The molecule has 0 aliphatic carbocycles. The first-order valence-corrected chi connectivity index (χ1v) is 29.7. The second-order valence-corrected chi connectivity index (χ2v) is 20.3. The smallest absolute Gasteiger partial charge is 0.306 e. The Morgan fingerprint density at radius 2 is 0.500 bits per heavy atom. The molecule has 6 heteroatoms. The van der Waals surface area contributed by atoms with Crippen LogP contribution in [-0.4, -0.2) is 37.2 Å². The second kappa shape index (κ2) is 55.7. The van der Waals surface area contributed by atoms with Gasteiger partial charge in [-0.25, -0.2) is 0 Å². The molecule has 0 saturated heterocycles. The van der Waals surface area contributed by atoms with Crippen LogP contribution in [0, 0.1) is 0 Å². The van der Waals surface area contributed by atoms with Gasteiger partial charge in [0.15, 0.2) is 6.10 Å². The normalized spacial score (nSPS) is 12.0. The van der Waals surface area contributed by atoms with Gasteiger partial charge in [-0.15, -0.1) is 0 Å². The average molecular weight is 932 g/mol. The maximum Gasteiger partial charge on any atom is 0.306 e. The standard InChI is InChI=1S/C60H114O6/c1-4-7-10-13-16-19-22-24-26-28-29-30-31-33-34-36-38-41-44-47-50-53-59(62)65-56-57(55-64-58(61)52-49-46-43-40-21-18-15-12-9-6-3)66-60(63)54-51-48-45-42-39-37-35-32-27-25-23-20-17-14-11-8-5-2/h25,27,57H,4-24,26,28-56H2,1-3H3/b27-25-. The molecule has 66 heavy (non-hydrogen) atoms. The van der Waals surface area contributed by atoms with Gasteiger partial charge in [-0.3, -0.25) is 14.4 Å². The van der Waals surface area contributed by atoms with Crippen molar-refractivity contribution in [2.24, 2.45) is 0 Å². The Labute approximate surface area is 411 Å². The van der Waals surface area contributed by atoms with Crippen LogP contribution in [0.4, 0.5) is 0 Å². The van der Waals surface area contributed by atoms with Crippen molar-refractivity contribution in [2.75, 3.05) is 13.2 Å².